The molecule has 0 bridgehead atoms. The molecular formula is C26H26N2O6. The van der Waals surface area contributed by atoms with Gasteiger partial charge >= 0.3 is 0 Å². The number of nitriles is 1. The van der Waals surface area contributed by atoms with E-state index in [9.17, 15) is 14.9 Å². The lowest BCUT2D eigenvalue weighted by atomic mass is 9.93. The minimum Gasteiger partial charge on any atom is -0.493 e. The van der Waals surface area contributed by atoms with E-state index in [1.165, 1.54) is 21.3 Å². The van der Waals surface area contributed by atoms with Gasteiger partial charge in [0.2, 0.25) is 0 Å². The maximum atomic E-state index is 13.3. The van der Waals surface area contributed by atoms with E-state index in [1.807, 2.05) is 12.1 Å². The third kappa shape index (κ3) is 4.74. The van der Waals surface area contributed by atoms with E-state index in [4.69, 9.17) is 18.9 Å². The molecule has 1 aliphatic heterocycles. The van der Waals surface area contributed by atoms with Gasteiger partial charge in [0.1, 0.15) is 11.6 Å². The normalized spacial score (nSPS) is 14.8. The molecule has 0 radical (unpaired) electrons. The van der Waals surface area contributed by atoms with E-state index in [2.05, 4.69) is 0 Å². The summed E-state index contributed by atoms with van der Waals surface area (Å²) in [4.78, 5) is 27.4. The fourth-order valence-electron chi connectivity index (χ4n) is 3.72. The van der Waals surface area contributed by atoms with E-state index >= 15 is 0 Å². The van der Waals surface area contributed by atoms with Gasteiger partial charge in [0.25, 0.3) is 11.8 Å². The summed E-state index contributed by atoms with van der Waals surface area (Å²) < 4.78 is 21.2. The molecule has 2 aromatic carbocycles. The Morgan fingerprint density at radius 2 is 1.44 bits per heavy atom. The number of carbonyl (C=O) groups excluding carboxylic acids is 2. The fourth-order valence-corrected chi connectivity index (χ4v) is 3.72. The minimum absolute atomic E-state index is 0.0568. The molecule has 0 atom stereocenters. The van der Waals surface area contributed by atoms with Gasteiger partial charge in [0.05, 0.1) is 28.4 Å². The van der Waals surface area contributed by atoms with Crippen LogP contribution in [-0.2, 0) is 16.0 Å². The molecule has 0 aliphatic carbocycles. The summed E-state index contributed by atoms with van der Waals surface area (Å²) in [5, 5.41) is 9.62. The molecule has 0 unspecified atom stereocenters. The maximum absolute atomic E-state index is 13.3. The van der Waals surface area contributed by atoms with E-state index in [0.717, 1.165) is 10.5 Å². The van der Waals surface area contributed by atoms with Crippen molar-refractivity contribution in [2.45, 2.75) is 13.3 Å². The van der Waals surface area contributed by atoms with Crippen molar-refractivity contribution in [1.82, 2.24) is 4.90 Å². The van der Waals surface area contributed by atoms with Crippen molar-refractivity contribution in [3.05, 3.63) is 64.2 Å². The van der Waals surface area contributed by atoms with Gasteiger partial charge in [-0.1, -0.05) is 12.1 Å². The van der Waals surface area contributed by atoms with Crippen LogP contribution in [0.2, 0.25) is 0 Å². The summed E-state index contributed by atoms with van der Waals surface area (Å²) >= 11 is 0. The Morgan fingerprint density at radius 3 is 2.03 bits per heavy atom. The summed E-state index contributed by atoms with van der Waals surface area (Å²) in [6.07, 6.45) is 2.03. The molecule has 8 nitrogen and oxygen atoms in total. The molecule has 0 spiro atoms. The van der Waals surface area contributed by atoms with Crippen LogP contribution in [-0.4, -0.2) is 51.7 Å². The van der Waals surface area contributed by atoms with Crippen LogP contribution in [0.15, 0.2) is 53.1 Å². The predicted octanol–water partition coefficient (Wildman–Crippen LogP) is 3.56. The van der Waals surface area contributed by atoms with E-state index in [0.29, 0.717) is 40.6 Å². The number of rotatable bonds is 8. The summed E-state index contributed by atoms with van der Waals surface area (Å²) in [6, 6.07) is 12.6. The van der Waals surface area contributed by atoms with Crippen LogP contribution < -0.4 is 18.9 Å². The van der Waals surface area contributed by atoms with Crippen LogP contribution in [0.5, 0.6) is 23.0 Å². The van der Waals surface area contributed by atoms with Crippen molar-refractivity contribution in [2.75, 3.05) is 35.0 Å². The molecule has 3 rings (SSSR count). The van der Waals surface area contributed by atoms with Crippen LogP contribution in [0.25, 0.3) is 6.08 Å². The Labute approximate surface area is 198 Å². The molecule has 0 saturated heterocycles. The summed E-state index contributed by atoms with van der Waals surface area (Å²) in [5.41, 5.74) is 2.09. The third-order valence-corrected chi connectivity index (χ3v) is 5.62. The number of methoxy groups -OCH3 is 4. The first kappa shape index (κ1) is 24.4. The molecule has 1 aliphatic rings. The lowest BCUT2D eigenvalue weighted by Crippen LogP contribution is -2.43. The van der Waals surface area contributed by atoms with Crippen molar-refractivity contribution in [1.29, 1.82) is 5.26 Å². The van der Waals surface area contributed by atoms with Gasteiger partial charge in [0, 0.05) is 12.1 Å². The number of carbonyl (C=O) groups is 2. The average molecular weight is 463 g/mol. The number of nitrogens with zero attached hydrogens (tertiary/aromatic N) is 2. The Hall–Kier alpha value is -4.25. The van der Waals surface area contributed by atoms with Crippen molar-refractivity contribution >= 4 is 17.9 Å². The number of hydrogen-bond acceptors (Lipinski definition) is 7. The molecule has 34 heavy (non-hydrogen) atoms. The number of imide groups is 1. The van der Waals surface area contributed by atoms with Gasteiger partial charge < -0.3 is 18.9 Å². The van der Waals surface area contributed by atoms with Crippen LogP contribution >= 0.6 is 0 Å². The number of amides is 2. The van der Waals surface area contributed by atoms with E-state index in [1.54, 1.807) is 50.4 Å². The highest BCUT2D eigenvalue weighted by atomic mass is 16.5. The second-order valence-electron chi connectivity index (χ2n) is 7.49. The lowest BCUT2D eigenvalue weighted by Gasteiger charge is -2.27. The van der Waals surface area contributed by atoms with Crippen molar-refractivity contribution in [3.63, 3.8) is 0 Å². The summed E-state index contributed by atoms with van der Waals surface area (Å²) in [6.45, 7) is 1.71. The van der Waals surface area contributed by atoms with Gasteiger partial charge in [-0.25, -0.2) is 0 Å². The molecule has 0 N–H and O–H groups in total. The first-order chi connectivity index (χ1) is 16.4. The zero-order valence-corrected chi connectivity index (χ0v) is 19.8. The van der Waals surface area contributed by atoms with Crippen molar-refractivity contribution in [2.24, 2.45) is 0 Å². The van der Waals surface area contributed by atoms with Gasteiger partial charge in [-0.05, 0) is 60.4 Å². The minimum atomic E-state index is -0.602. The topological polar surface area (TPSA) is 98.1 Å². The van der Waals surface area contributed by atoms with Gasteiger partial charge in [-0.2, -0.15) is 5.26 Å². The fraction of sp³-hybridized carbons (Fsp3) is 0.269. The second-order valence-corrected chi connectivity index (χ2v) is 7.49. The maximum Gasteiger partial charge on any atom is 0.271 e. The van der Waals surface area contributed by atoms with E-state index < -0.39 is 11.8 Å². The quantitative estimate of drug-likeness (QED) is 0.437. The highest BCUT2D eigenvalue weighted by molar-refractivity contribution is 6.19. The Balaban J connectivity index is 1.94. The van der Waals surface area contributed by atoms with Crippen LogP contribution in [0, 0.1) is 11.3 Å². The third-order valence-electron chi connectivity index (χ3n) is 5.62. The number of hydrogen-bond donors (Lipinski definition) is 0. The summed E-state index contributed by atoms with van der Waals surface area (Å²) in [5.74, 6) is 1.13. The monoisotopic (exact) mass is 462 g/mol. The molecule has 176 valence electrons. The highest BCUT2D eigenvalue weighted by Gasteiger charge is 2.35. The Morgan fingerprint density at radius 1 is 0.853 bits per heavy atom. The Kier molecular flexibility index (Phi) is 7.59. The van der Waals surface area contributed by atoms with Crippen LogP contribution in [0.3, 0.4) is 0 Å². The first-order valence-corrected chi connectivity index (χ1v) is 10.5. The lowest BCUT2D eigenvalue weighted by molar-refractivity contribution is -0.140. The van der Waals surface area contributed by atoms with Gasteiger partial charge in [-0.3, -0.25) is 14.5 Å². The van der Waals surface area contributed by atoms with Crippen molar-refractivity contribution < 1.29 is 28.5 Å². The Bertz CT molecular complexity index is 1220. The average Bonchev–Trinajstić information content (AvgIpc) is 2.86. The smallest absolute Gasteiger partial charge is 0.271 e. The number of benzene rings is 2. The second kappa shape index (κ2) is 10.6. The summed E-state index contributed by atoms with van der Waals surface area (Å²) in [7, 11) is 6.15. The van der Waals surface area contributed by atoms with Gasteiger partial charge in [0.15, 0.2) is 23.0 Å². The molecule has 0 aromatic heterocycles. The molecule has 2 amide bonds. The molecule has 0 saturated carbocycles. The zero-order valence-electron chi connectivity index (χ0n) is 19.8. The zero-order chi connectivity index (χ0) is 24.8. The predicted molar refractivity (Wildman–Crippen MR) is 126 cm³/mol. The molecule has 2 aromatic rings. The van der Waals surface area contributed by atoms with Crippen LogP contribution in [0.4, 0.5) is 0 Å². The standard InChI is InChI=1S/C26H26N2O6/c1-16-19(12-18-7-9-22(32-3)24(14-18)34-5)25(29)28(26(30)20(16)15-27)11-10-17-6-8-21(31-2)23(13-17)33-4/h6-9,12-14H,10-11H2,1-5H3/b19-12-. The highest BCUT2D eigenvalue weighted by Crippen LogP contribution is 2.32. The first-order valence-electron chi connectivity index (χ1n) is 10.5. The largest absolute Gasteiger partial charge is 0.493 e. The number of ether oxygens (including phenoxy) is 4. The van der Waals surface area contributed by atoms with Crippen molar-refractivity contribution in [3.8, 4) is 29.1 Å². The van der Waals surface area contributed by atoms with E-state index in [-0.39, 0.29) is 17.7 Å². The molecule has 8 heteroatoms. The molecular weight excluding hydrogens is 436 g/mol. The molecule has 0 fully saturated rings. The molecule has 1 heterocycles. The SMILES string of the molecule is COc1ccc(/C=C2\C(=O)N(CCc3ccc(OC)c(OC)c3)C(=O)C(C#N)=C2C)cc1OC. The van der Waals surface area contributed by atoms with Crippen LogP contribution in [0.1, 0.15) is 18.1 Å². The van der Waals surface area contributed by atoms with Gasteiger partial charge in [-0.15, -0.1) is 0 Å².